The van der Waals surface area contributed by atoms with E-state index in [9.17, 15) is 10.4 Å². The number of halogens is 1. The zero-order chi connectivity index (χ0) is 23.5. The average molecular weight is 485 g/mol. The molecule has 2 aromatic heterocycles. The van der Waals surface area contributed by atoms with Crippen LogP contribution in [0.4, 0.5) is 0 Å². The molecule has 0 saturated carbocycles. The van der Waals surface area contributed by atoms with Crippen molar-refractivity contribution in [2.45, 2.75) is 5.16 Å². The zero-order valence-corrected chi connectivity index (χ0v) is 19.3. The minimum Gasteiger partial charge on any atom is -0.510 e. The lowest BCUT2D eigenvalue weighted by molar-refractivity contribution is 0.420. The van der Waals surface area contributed by atoms with Gasteiger partial charge >= 0.3 is 0 Å². The van der Waals surface area contributed by atoms with Crippen molar-refractivity contribution < 1.29 is 5.11 Å². The van der Waals surface area contributed by atoms with Gasteiger partial charge in [0.1, 0.15) is 17.4 Å². The molecule has 0 saturated heterocycles. The Hall–Kier alpha value is -4.06. The molecule has 0 fully saturated rings. The SMILES string of the molecule is N#C/C(=C(/O)CSc1nnc(-c2ccccc2)n1-c1ccc(Cl)cc1)c1nc2ccccc2[nH]1. The Morgan fingerprint density at radius 2 is 1.74 bits per heavy atom. The Kier molecular flexibility index (Phi) is 6.04. The summed E-state index contributed by atoms with van der Waals surface area (Å²) in [6, 6.07) is 26.6. The minimum atomic E-state index is -0.0986. The first-order valence-corrected chi connectivity index (χ1v) is 11.7. The lowest BCUT2D eigenvalue weighted by atomic mass is 10.2. The Morgan fingerprint density at radius 1 is 1.00 bits per heavy atom. The number of aromatic nitrogens is 5. The van der Waals surface area contributed by atoms with Gasteiger partial charge in [0.25, 0.3) is 0 Å². The number of imidazole rings is 1. The molecule has 0 unspecified atom stereocenters. The van der Waals surface area contributed by atoms with Crippen LogP contribution in [0.2, 0.25) is 5.02 Å². The molecule has 0 amide bonds. The van der Waals surface area contributed by atoms with Gasteiger partial charge in [-0.2, -0.15) is 5.26 Å². The number of nitrogens with one attached hydrogen (secondary N) is 1. The molecule has 0 aliphatic carbocycles. The standard InChI is InChI=1S/C25H17ClN6OS/c26-17-10-12-18(13-11-17)32-24(16-6-2-1-3-7-16)30-31-25(32)34-15-22(33)19(14-27)23-28-20-8-4-5-9-21(20)29-23/h1-13,33H,15H2,(H,28,29)/b22-19-. The fourth-order valence-electron chi connectivity index (χ4n) is 3.49. The molecule has 0 radical (unpaired) electrons. The molecule has 5 aromatic rings. The summed E-state index contributed by atoms with van der Waals surface area (Å²) in [5, 5.41) is 30.4. The molecule has 5 rings (SSSR count). The summed E-state index contributed by atoms with van der Waals surface area (Å²) in [6.45, 7) is 0. The Balaban J connectivity index is 1.50. The highest BCUT2D eigenvalue weighted by Gasteiger charge is 2.19. The van der Waals surface area contributed by atoms with Crippen LogP contribution in [0.25, 0.3) is 33.7 Å². The number of fused-ring (bicyclic) bond motifs is 1. The van der Waals surface area contributed by atoms with Gasteiger partial charge in [0.05, 0.1) is 16.8 Å². The minimum absolute atomic E-state index is 0.0875. The molecule has 0 spiro atoms. The zero-order valence-electron chi connectivity index (χ0n) is 17.7. The van der Waals surface area contributed by atoms with Crippen molar-refractivity contribution in [3.8, 4) is 23.1 Å². The van der Waals surface area contributed by atoms with Crippen LogP contribution in [0.1, 0.15) is 5.82 Å². The summed E-state index contributed by atoms with van der Waals surface area (Å²) < 4.78 is 1.90. The van der Waals surface area contributed by atoms with Gasteiger partial charge in [-0.15, -0.1) is 10.2 Å². The molecule has 0 atom stereocenters. The topological polar surface area (TPSA) is 103 Å². The smallest absolute Gasteiger partial charge is 0.196 e. The molecule has 7 nitrogen and oxygen atoms in total. The van der Waals surface area contributed by atoms with Crippen molar-refractivity contribution >= 4 is 40.0 Å². The first-order chi connectivity index (χ1) is 16.6. The Labute approximate surface area is 204 Å². The van der Waals surface area contributed by atoms with E-state index >= 15 is 0 Å². The van der Waals surface area contributed by atoms with E-state index in [-0.39, 0.29) is 17.1 Å². The lowest BCUT2D eigenvalue weighted by Crippen LogP contribution is -2.01. The van der Waals surface area contributed by atoms with Crippen LogP contribution in [0.5, 0.6) is 0 Å². The largest absolute Gasteiger partial charge is 0.510 e. The Morgan fingerprint density at radius 3 is 2.47 bits per heavy atom. The second-order valence-electron chi connectivity index (χ2n) is 7.31. The van der Waals surface area contributed by atoms with E-state index in [0.717, 1.165) is 22.3 Å². The van der Waals surface area contributed by atoms with Crippen molar-refractivity contribution in [3.05, 3.63) is 95.5 Å². The predicted molar refractivity (Wildman–Crippen MR) is 134 cm³/mol. The number of aliphatic hydroxyl groups excluding tert-OH is 1. The van der Waals surface area contributed by atoms with E-state index < -0.39 is 0 Å². The van der Waals surface area contributed by atoms with Gasteiger partial charge in [0.2, 0.25) is 0 Å². The van der Waals surface area contributed by atoms with Crippen LogP contribution in [-0.4, -0.2) is 35.6 Å². The summed E-state index contributed by atoms with van der Waals surface area (Å²) in [5.41, 5.74) is 3.33. The third kappa shape index (κ3) is 4.27. The molecule has 0 aliphatic heterocycles. The quantitative estimate of drug-likeness (QED) is 0.173. The van der Waals surface area contributed by atoms with Gasteiger partial charge in [-0.05, 0) is 36.4 Å². The highest BCUT2D eigenvalue weighted by molar-refractivity contribution is 7.99. The molecule has 2 N–H and O–H groups in total. The maximum Gasteiger partial charge on any atom is 0.196 e. The van der Waals surface area contributed by atoms with Crippen molar-refractivity contribution in [3.63, 3.8) is 0 Å². The average Bonchev–Trinajstić information content (AvgIpc) is 3.48. The molecule has 0 bridgehead atoms. The monoisotopic (exact) mass is 484 g/mol. The molecular formula is C25H17ClN6OS. The van der Waals surface area contributed by atoms with Gasteiger partial charge in [0, 0.05) is 16.3 Å². The lowest BCUT2D eigenvalue weighted by Gasteiger charge is -2.10. The summed E-state index contributed by atoms with van der Waals surface area (Å²) in [5.74, 6) is 0.997. The van der Waals surface area contributed by atoms with E-state index in [1.165, 1.54) is 11.8 Å². The number of rotatable bonds is 6. The number of para-hydroxylation sites is 2. The van der Waals surface area contributed by atoms with Gasteiger partial charge in [0.15, 0.2) is 16.8 Å². The maximum absolute atomic E-state index is 10.8. The second kappa shape index (κ2) is 9.43. The third-order valence-corrected chi connectivity index (χ3v) is 6.31. The van der Waals surface area contributed by atoms with Crippen LogP contribution in [0, 0.1) is 11.3 Å². The number of H-pyrrole nitrogens is 1. The number of hydrogen-bond acceptors (Lipinski definition) is 6. The van der Waals surface area contributed by atoms with Gasteiger partial charge in [-0.1, -0.05) is 65.8 Å². The molecule has 2 heterocycles. The summed E-state index contributed by atoms with van der Waals surface area (Å²) in [7, 11) is 0. The number of aliphatic hydroxyl groups is 1. The van der Waals surface area contributed by atoms with E-state index in [4.69, 9.17) is 11.6 Å². The first kappa shape index (κ1) is 21.8. The van der Waals surface area contributed by atoms with Crippen molar-refractivity contribution in [1.29, 1.82) is 5.26 Å². The van der Waals surface area contributed by atoms with Crippen molar-refractivity contribution in [2.24, 2.45) is 0 Å². The molecule has 0 aliphatic rings. The van der Waals surface area contributed by atoms with E-state index in [0.29, 0.717) is 21.8 Å². The van der Waals surface area contributed by atoms with Crippen molar-refractivity contribution in [1.82, 2.24) is 24.7 Å². The summed E-state index contributed by atoms with van der Waals surface area (Å²) >= 11 is 7.36. The van der Waals surface area contributed by atoms with Gasteiger partial charge < -0.3 is 10.1 Å². The predicted octanol–water partition coefficient (Wildman–Crippen LogP) is 6.05. The summed E-state index contributed by atoms with van der Waals surface area (Å²) in [4.78, 5) is 7.51. The second-order valence-corrected chi connectivity index (χ2v) is 8.69. The fraction of sp³-hybridized carbons (Fsp3) is 0.0400. The molecular weight excluding hydrogens is 468 g/mol. The van der Waals surface area contributed by atoms with Crippen LogP contribution in [0.3, 0.4) is 0 Å². The number of hydrogen-bond donors (Lipinski definition) is 2. The van der Waals surface area contributed by atoms with Gasteiger partial charge in [-0.3, -0.25) is 4.57 Å². The number of nitrogens with zero attached hydrogens (tertiary/aromatic N) is 5. The Bertz CT molecular complexity index is 1500. The molecule has 9 heteroatoms. The number of nitriles is 1. The normalized spacial score (nSPS) is 11.9. The van der Waals surface area contributed by atoms with Crippen LogP contribution < -0.4 is 0 Å². The maximum atomic E-state index is 10.8. The highest BCUT2D eigenvalue weighted by Crippen LogP contribution is 2.30. The number of allylic oxidation sites excluding steroid dienone is 1. The van der Waals surface area contributed by atoms with Crippen LogP contribution >= 0.6 is 23.4 Å². The third-order valence-electron chi connectivity index (χ3n) is 5.11. The molecule has 3 aromatic carbocycles. The van der Waals surface area contributed by atoms with Gasteiger partial charge in [-0.25, -0.2) is 4.98 Å². The highest BCUT2D eigenvalue weighted by atomic mass is 35.5. The van der Waals surface area contributed by atoms with E-state index in [1.54, 1.807) is 12.1 Å². The number of aromatic amines is 1. The van der Waals surface area contributed by atoms with E-state index in [2.05, 4.69) is 26.2 Å². The van der Waals surface area contributed by atoms with Crippen LogP contribution in [-0.2, 0) is 0 Å². The van der Waals surface area contributed by atoms with Crippen molar-refractivity contribution in [2.75, 3.05) is 5.75 Å². The first-order valence-electron chi connectivity index (χ1n) is 10.3. The summed E-state index contributed by atoms with van der Waals surface area (Å²) in [6.07, 6.45) is 0. The van der Waals surface area contributed by atoms with E-state index in [1.807, 2.05) is 71.3 Å². The number of benzene rings is 3. The molecule has 166 valence electrons. The number of thioether (sulfide) groups is 1. The fourth-order valence-corrected chi connectivity index (χ4v) is 4.45. The van der Waals surface area contributed by atoms with Crippen LogP contribution in [0.15, 0.2) is 89.8 Å². The molecule has 34 heavy (non-hydrogen) atoms.